The fourth-order valence-electron chi connectivity index (χ4n) is 7.50. The second-order valence-corrected chi connectivity index (χ2v) is 12.0. The topological polar surface area (TPSA) is 153 Å². The van der Waals surface area contributed by atoms with Crippen LogP contribution in [0.3, 0.4) is 0 Å². The summed E-state index contributed by atoms with van der Waals surface area (Å²) in [6.07, 6.45) is 3.61. The average molecular weight is 534 g/mol. The first-order valence-corrected chi connectivity index (χ1v) is 13.8. The van der Waals surface area contributed by atoms with Gasteiger partial charge < -0.3 is 25.8 Å². The number of aromatic nitrogens is 1. The highest BCUT2D eigenvalue weighted by Crippen LogP contribution is 2.58. The molecule has 0 radical (unpaired) electrons. The van der Waals surface area contributed by atoms with Gasteiger partial charge in [-0.15, -0.1) is 0 Å². The monoisotopic (exact) mass is 533 g/mol. The zero-order chi connectivity index (χ0) is 27.6. The molecule has 7 atom stereocenters. The van der Waals surface area contributed by atoms with E-state index >= 15 is 0 Å². The van der Waals surface area contributed by atoms with Crippen LogP contribution in [0, 0.1) is 40.9 Å². The number of fused-ring (bicyclic) bond motifs is 3. The van der Waals surface area contributed by atoms with Crippen LogP contribution in [-0.2, 0) is 14.4 Å². The Hall–Kier alpha value is -3.69. The van der Waals surface area contributed by atoms with Gasteiger partial charge in [0.15, 0.2) is 0 Å². The van der Waals surface area contributed by atoms with Crippen LogP contribution in [0.2, 0.25) is 0 Å². The number of rotatable bonds is 8. The Kier molecular flexibility index (Phi) is 6.04. The molecule has 206 valence electrons. The van der Waals surface area contributed by atoms with Gasteiger partial charge in [0.25, 0.3) is 5.91 Å². The number of imide groups is 1. The summed E-state index contributed by atoms with van der Waals surface area (Å²) in [6.45, 7) is 3.75. The summed E-state index contributed by atoms with van der Waals surface area (Å²) >= 11 is 0. The van der Waals surface area contributed by atoms with E-state index in [9.17, 15) is 19.2 Å². The number of ether oxygens (including phenoxy) is 1. The molecule has 5 aliphatic rings. The lowest BCUT2D eigenvalue weighted by atomic mass is 9.48. The molecule has 4 saturated carbocycles. The number of nitrogens with one attached hydrogen (secondary N) is 5. The van der Waals surface area contributed by atoms with Crippen molar-refractivity contribution in [3.63, 3.8) is 0 Å². The van der Waals surface area contributed by atoms with Gasteiger partial charge in [0.1, 0.15) is 17.5 Å². The van der Waals surface area contributed by atoms with Gasteiger partial charge in [0, 0.05) is 16.6 Å². The predicted octanol–water partition coefficient (Wildman–Crippen LogP) is 2.53. The number of carbonyl (C=O) groups is 4. The molecule has 5 N–H and O–H groups in total. The minimum Gasteiger partial charge on any atom is -0.496 e. The summed E-state index contributed by atoms with van der Waals surface area (Å²) in [5.74, 6) is -1.49. The predicted molar refractivity (Wildman–Crippen MR) is 143 cm³/mol. The minimum atomic E-state index is -1.03. The van der Waals surface area contributed by atoms with Gasteiger partial charge in [-0.05, 0) is 68.1 Å². The van der Waals surface area contributed by atoms with Crippen LogP contribution in [0.5, 0.6) is 5.75 Å². The van der Waals surface area contributed by atoms with Crippen LogP contribution >= 0.6 is 0 Å². The maximum Gasteiger partial charge on any atom is 0.268 e. The lowest BCUT2D eigenvalue weighted by Crippen LogP contribution is -2.70. The molecule has 7 rings (SSSR count). The highest BCUT2D eigenvalue weighted by Gasteiger charge is 2.66. The molecule has 4 amide bonds. The van der Waals surface area contributed by atoms with Crippen molar-refractivity contribution in [2.24, 2.45) is 35.5 Å². The Bertz CT molecular complexity index is 1400. The van der Waals surface area contributed by atoms with E-state index in [4.69, 9.17) is 10.1 Å². The van der Waals surface area contributed by atoms with Crippen molar-refractivity contribution in [1.82, 2.24) is 20.9 Å². The molecule has 0 spiro atoms. The van der Waals surface area contributed by atoms with E-state index < -0.39 is 29.3 Å². The maximum atomic E-state index is 13.9. The van der Waals surface area contributed by atoms with Crippen molar-refractivity contribution in [2.45, 2.75) is 57.5 Å². The lowest BCUT2D eigenvalue weighted by Gasteiger charge is -2.58. The van der Waals surface area contributed by atoms with Gasteiger partial charge in [-0.3, -0.25) is 24.5 Å². The molecule has 10 nitrogen and oxygen atoms in total. The Balaban J connectivity index is 1.26. The zero-order valence-electron chi connectivity index (χ0n) is 22.4. The second-order valence-electron chi connectivity index (χ2n) is 12.0. The summed E-state index contributed by atoms with van der Waals surface area (Å²) in [4.78, 5) is 55.8. The third-order valence-electron chi connectivity index (χ3n) is 9.67. The largest absolute Gasteiger partial charge is 0.496 e. The minimum absolute atomic E-state index is 0.107. The van der Waals surface area contributed by atoms with E-state index in [0.717, 1.165) is 23.7 Å². The van der Waals surface area contributed by atoms with Gasteiger partial charge in [-0.1, -0.05) is 25.8 Å². The van der Waals surface area contributed by atoms with Crippen molar-refractivity contribution in [1.29, 1.82) is 5.41 Å². The van der Waals surface area contributed by atoms with Crippen LogP contribution in [0.25, 0.3) is 10.9 Å². The molecule has 2 heterocycles. The quantitative estimate of drug-likeness (QED) is 0.261. The first-order valence-electron chi connectivity index (χ1n) is 13.8. The molecule has 1 aromatic carbocycles. The molecule has 2 bridgehead atoms. The number of H-pyrrole nitrogens is 1. The summed E-state index contributed by atoms with van der Waals surface area (Å²) < 4.78 is 5.41. The average Bonchev–Trinajstić information content (AvgIpc) is 3.52. The zero-order valence-corrected chi connectivity index (χ0v) is 22.4. The number of benzene rings is 1. The standard InChI is InChI=1S/C29H35N5O5/c1-13-9-18-24-23(27(37)33-28(24)38)17(13)12-29(18,14(2)30)34-26(36)20(10-15-7-8-15)32-25(35)21-11-16-19(31-21)5-4-6-22(16)39-3/h4-6,11,13,15,17-18,20,23-24,30-31H,7-10,12H2,1-3H3,(H,32,35)(H,34,36)(H,33,37,38)/t13-,17+,18-,20-,23-,24+,29+/m0/s1. The normalized spacial score (nSPS) is 31.9. The maximum absolute atomic E-state index is 13.9. The van der Waals surface area contributed by atoms with Crippen LogP contribution in [0.4, 0.5) is 0 Å². The fraction of sp³-hybridized carbons (Fsp3) is 0.552. The van der Waals surface area contributed by atoms with Gasteiger partial charge in [0.05, 0.1) is 24.5 Å². The lowest BCUT2D eigenvalue weighted by molar-refractivity contribution is -0.141. The molecule has 4 aliphatic carbocycles. The highest BCUT2D eigenvalue weighted by molar-refractivity contribution is 6.07. The number of amides is 4. The van der Waals surface area contributed by atoms with Crippen molar-refractivity contribution >= 4 is 40.2 Å². The van der Waals surface area contributed by atoms with Gasteiger partial charge in [-0.25, -0.2) is 0 Å². The van der Waals surface area contributed by atoms with Crippen molar-refractivity contribution in [3.8, 4) is 5.75 Å². The van der Waals surface area contributed by atoms with Gasteiger partial charge in [0.2, 0.25) is 17.7 Å². The van der Waals surface area contributed by atoms with Crippen LogP contribution in [-0.4, -0.2) is 53.0 Å². The van der Waals surface area contributed by atoms with Crippen molar-refractivity contribution in [2.75, 3.05) is 7.11 Å². The van der Waals surface area contributed by atoms with E-state index in [1.807, 2.05) is 18.2 Å². The van der Waals surface area contributed by atoms with E-state index in [0.29, 0.717) is 36.6 Å². The smallest absolute Gasteiger partial charge is 0.268 e. The summed E-state index contributed by atoms with van der Waals surface area (Å²) in [7, 11) is 1.57. The molecule has 1 saturated heterocycles. The SMILES string of the molecule is COc1cccc2[nH]c(C(=O)N[C@@H](CC3CC3)C(=O)N[C@@]3(C(C)=N)C[C@H]4[C@@H]5C(=O)NC(=O)[C@@H]5[C@@H]3C[C@@H]4C)cc12. The number of carbonyl (C=O) groups excluding carboxylic acids is 4. The number of hydrogen-bond donors (Lipinski definition) is 5. The Morgan fingerprint density at radius 1 is 1.21 bits per heavy atom. The van der Waals surface area contributed by atoms with Crippen molar-refractivity contribution in [3.05, 3.63) is 30.0 Å². The van der Waals surface area contributed by atoms with Gasteiger partial charge in [-0.2, -0.15) is 0 Å². The molecular formula is C29H35N5O5. The molecule has 39 heavy (non-hydrogen) atoms. The third kappa shape index (κ3) is 4.11. The molecule has 10 heteroatoms. The van der Waals surface area contributed by atoms with E-state index in [-0.39, 0.29) is 41.2 Å². The van der Waals surface area contributed by atoms with E-state index in [1.165, 1.54) is 0 Å². The van der Waals surface area contributed by atoms with Crippen molar-refractivity contribution < 1.29 is 23.9 Å². The molecule has 2 aromatic rings. The van der Waals surface area contributed by atoms with Crippen LogP contribution in [0.1, 0.15) is 56.4 Å². The summed E-state index contributed by atoms with van der Waals surface area (Å²) in [5.41, 5.74) is 0.337. The number of methoxy groups -OCH3 is 1. The second kappa shape index (κ2) is 9.20. The fourth-order valence-corrected chi connectivity index (χ4v) is 7.50. The third-order valence-corrected chi connectivity index (χ3v) is 9.67. The molecule has 0 unspecified atom stereocenters. The first-order chi connectivity index (χ1) is 18.6. The van der Waals surface area contributed by atoms with Gasteiger partial charge >= 0.3 is 0 Å². The number of hydrogen-bond acceptors (Lipinski definition) is 6. The molecule has 1 aromatic heterocycles. The Morgan fingerprint density at radius 2 is 1.95 bits per heavy atom. The molecular weight excluding hydrogens is 498 g/mol. The Labute approximate surface area is 226 Å². The Morgan fingerprint density at radius 3 is 2.64 bits per heavy atom. The molecule has 5 fully saturated rings. The van der Waals surface area contributed by atoms with E-state index in [2.05, 4.69) is 27.9 Å². The van der Waals surface area contributed by atoms with E-state index in [1.54, 1.807) is 20.1 Å². The highest BCUT2D eigenvalue weighted by atomic mass is 16.5. The van der Waals surface area contributed by atoms with Crippen LogP contribution in [0.15, 0.2) is 24.3 Å². The summed E-state index contributed by atoms with van der Waals surface area (Å²) in [6, 6.07) is 6.44. The molecule has 1 aliphatic heterocycles. The number of aromatic amines is 1. The van der Waals surface area contributed by atoms with Crippen LogP contribution < -0.4 is 20.7 Å². The first kappa shape index (κ1) is 25.6. The summed E-state index contributed by atoms with van der Waals surface area (Å²) in [5, 5.41) is 18.1.